The molecule has 142 valence electrons. The third kappa shape index (κ3) is 3.90. The maximum Gasteiger partial charge on any atom is 0.273 e. The molecule has 6 nitrogen and oxygen atoms in total. The van der Waals surface area contributed by atoms with Gasteiger partial charge in [0.15, 0.2) is 5.69 Å². The SMILES string of the molecule is Cc1c(C(=O)NCCCc2nc3ccccc3s2)nnn1-c1cccc(Cl)c1. The molecule has 0 unspecified atom stereocenters. The van der Waals surface area contributed by atoms with E-state index in [1.807, 2.05) is 37.3 Å². The molecule has 0 aliphatic heterocycles. The van der Waals surface area contributed by atoms with Crippen LogP contribution in [0.25, 0.3) is 15.9 Å². The Balaban J connectivity index is 1.35. The van der Waals surface area contributed by atoms with Crippen LogP contribution in [0.4, 0.5) is 0 Å². The second kappa shape index (κ2) is 8.08. The van der Waals surface area contributed by atoms with E-state index in [2.05, 4.69) is 26.7 Å². The zero-order valence-electron chi connectivity index (χ0n) is 15.2. The lowest BCUT2D eigenvalue weighted by Gasteiger charge is -2.05. The molecule has 0 aliphatic rings. The van der Waals surface area contributed by atoms with Gasteiger partial charge in [0.2, 0.25) is 0 Å². The third-order valence-corrected chi connectivity index (χ3v) is 5.68. The van der Waals surface area contributed by atoms with E-state index in [-0.39, 0.29) is 5.91 Å². The minimum atomic E-state index is -0.227. The number of hydrogen-bond donors (Lipinski definition) is 1. The Morgan fingerprint density at radius 3 is 2.89 bits per heavy atom. The first-order chi connectivity index (χ1) is 13.6. The molecule has 4 rings (SSSR count). The Morgan fingerprint density at radius 2 is 2.07 bits per heavy atom. The number of aryl methyl sites for hydroxylation is 1. The highest BCUT2D eigenvalue weighted by Crippen LogP contribution is 2.22. The molecule has 4 aromatic rings. The van der Waals surface area contributed by atoms with Crippen molar-refractivity contribution in [3.63, 3.8) is 0 Å². The van der Waals surface area contributed by atoms with Crippen molar-refractivity contribution < 1.29 is 4.79 Å². The number of nitrogens with zero attached hydrogens (tertiary/aromatic N) is 4. The molecule has 0 saturated heterocycles. The largest absolute Gasteiger partial charge is 0.351 e. The fourth-order valence-corrected chi connectivity index (χ4v) is 4.14. The van der Waals surface area contributed by atoms with Crippen LogP contribution in [-0.4, -0.2) is 32.4 Å². The highest BCUT2D eigenvalue weighted by atomic mass is 35.5. The van der Waals surface area contributed by atoms with Gasteiger partial charge in [0.1, 0.15) is 0 Å². The zero-order valence-corrected chi connectivity index (χ0v) is 16.8. The molecule has 0 saturated carbocycles. The van der Waals surface area contributed by atoms with Crippen LogP contribution in [-0.2, 0) is 6.42 Å². The summed E-state index contributed by atoms with van der Waals surface area (Å²) in [5.74, 6) is -0.227. The zero-order chi connectivity index (χ0) is 19.5. The fraction of sp³-hybridized carbons (Fsp3) is 0.200. The van der Waals surface area contributed by atoms with E-state index in [0.29, 0.717) is 23.0 Å². The van der Waals surface area contributed by atoms with E-state index in [1.165, 1.54) is 4.70 Å². The fourth-order valence-electron chi connectivity index (χ4n) is 2.94. The first-order valence-corrected chi connectivity index (χ1v) is 10.1. The molecule has 2 aromatic carbocycles. The van der Waals surface area contributed by atoms with Gasteiger partial charge < -0.3 is 5.32 Å². The predicted octanol–water partition coefficient (Wildman–Crippen LogP) is 4.20. The first-order valence-electron chi connectivity index (χ1n) is 8.93. The van der Waals surface area contributed by atoms with Crippen LogP contribution in [0, 0.1) is 6.92 Å². The molecular formula is C20H18ClN5OS. The minimum absolute atomic E-state index is 0.227. The van der Waals surface area contributed by atoms with Crippen LogP contribution < -0.4 is 5.32 Å². The normalized spacial score (nSPS) is 11.1. The Kier molecular flexibility index (Phi) is 5.36. The van der Waals surface area contributed by atoms with E-state index in [4.69, 9.17) is 11.6 Å². The molecule has 0 aliphatic carbocycles. The Morgan fingerprint density at radius 1 is 1.21 bits per heavy atom. The Bertz CT molecular complexity index is 1100. The van der Waals surface area contributed by atoms with E-state index < -0.39 is 0 Å². The standard InChI is InChI=1S/C20H18ClN5OS/c1-13-19(24-25-26(13)15-7-4-6-14(21)12-15)20(27)22-11-5-10-18-23-16-8-2-3-9-17(16)28-18/h2-4,6-9,12H,5,10-11H2,1H3,(H,22,27). The monoisotopic (exact) mass is 411 g/mol. The number of aromatic nitrogens is 4. The quantitative estimate of drug-likeness (QED) is 0.482. The number of fused-ring (bicyclic) bond motifs is 1. The van der Waals surface area contributed by atoms with E-state index in [0.717, 1.165) is 29.1 Å². The molecule has 1 N–H and O–H groups in total. The number of rotatable bonds is 6. The van der Waals surface area contributed by atoms with Gasteiger partial charge in [0.05, 0.1) is 26.6 Å². The molecular weight excluding hydrogens is 394 g/mol. The van der Waals surface area contributed by atoms with Gasteiger partial charge in [-0.1, -0.05) is 35.0 Å². The number of carbonyl (C=O) groups is 1. The van der Waals surface area contributed by atoms with Crippen molar-refractivity contribution >= 4 is 39.1 Å². The molecule has 0 bridgehead atoms. The third-order valence-electron chi connectivity index (χ3n) is 4.35. The average molecular weight is 412 g/mol. The smallest absolute Gasteiger partial charge is 0.273 e. The van der Waals surface area contributed by atoms with Crippen molar-refractivity contribution in [2.24, 2.45) is 0 Å². The lowest BCUT2D eigenvalue weighted by atomic mass is 10.2. The Hall–Kier alpha value is -2.77. The summed E-state index contributed by atoms with van der Waals surface area (Å²) in [6, 6.07) is 15.4. The number of para-hydroxylation sites is 1. The summed E-state index contributed by atoms with van der Waals surface area (Å²) in [6.07, 6.45) is 1.64. The number of halogens is 1. The van der Waals surface area contributed by atoms with Crippen LogP contribution in [0.15, 0.2) is 48.5 Å². The van der Waals surface area contributed by atoms with Crippen molar-refractivity contribution in [3.05, 3.63) is 69.9 Å². The highest BCUT2D eigenvalue weighted by molar-refractivity contribution is 7.18. The molecule has 28 heavy (non-hydrogen) atoms. The van der Waals surface area contributed by atoms with Gasteiger partial charge in [0, 0.05) is 18.0 Å². The van der Waals surface area contributed by atoms with Crippen LogP contribution >= 0.6 is 22.9 Å². The van der Waals surface area contributed by atoms with Crippen molar-refractivity contribution in [2.45, 2.75) is 19.8 Å². The molecule has 0 spiro atoms. The number of carbonyl (C=O) groups excluding carboxylic acids is 1. The second-order valence-corrected chi connectivity index (χ2v) is 7.90. The summed E-state index contributed by atoms with van der Waals surface area (Å²) in [6.45, 7) is 2.37. The van der Waals surface area contributed by atoms with Gasteiger partial charge in [-0.3, -0.25) is 4.79 Å². The summed E-state index contributed by atoms with van der Waals surface area (Å²) in [5, 5.41) is 12.7. The average Bonchev–Trinajstić information content (AvgIpc) is 3.28. The molecule has 0 radical (unpaired) electrons. The summed E-state index contributed by atoms with van der Waals surface area (Å²) < 4.78 is 2.80. The molecule has 2 aromatic heterocycles. The lowest BCUT2D eigenvalue weighted by molar-refractivity contribution is 0.0947. The summed E-state index contributed by atoms with van der Waals surface area (Å²) in [5.41, 5.74) is 2.79. The van der Waals surface area contributed by atoms with Gasteiger partial charge in [0.25, 0.3) is 5.91 Å². The van der Waals surface area contributed by atoms with Crippen molar-refractivity contribution in [2.75, 3.05) is 6.54 Å². The number of thiazole rings is 1. The van der Waals surface area contributed by atoms with E-state index in [9.17, 15) is 4.79 Å². The molecule has 0 fully saturated rings. The van der Waals surface area contributed by atoms with E-state index in [1.54, 1.807) is 28.2 Å². The summed E-state index contributed by atoms with van der Waals surface area (Å²) in [7, 11) is 0. The lowest BCUT2D eigenvalue weighted by Crippen LogP contribution is -2.26. The van der Waals surface area contributed by atoms with Crippen molar-refractivity contribution in [1.29, 1.82) is 0 Å². The van der Waals surface area contributed by atoms with Crippen LogP contribution in [0.5, 0.6) is 0 Å². The highest BCUT2D eigenvalue weighted by Gasteiger charge is 2.17. The van der Waals surface area contributed by atoms with E-state index >= 15 is 0 Å². The summed E-state index contributed by atoms with van der Waals surface area (Å²) >= 11 is 7.73. The van der Waals surface area contributed by atoms with Gasteiger partial charge in [-0.2, -0.15) is 0 Å². The van der Waals surface area contributed by atoms with Gasteiger partial charge in [-0.15, -0.1) is 16.4 Å². The van der Waals surface area contributed by atoms with Crippen molar-refractivity contribution in [1.82, 2.24) is 25.3 Å². The van der Waals surface area contributed by atoms with Crippen LogP contribution in [0.1, 0.15) is 27.6 Å². The van der Waals surface area contributed by atoms with Crippen LogP contribution in [0.3, 0.4) is 0 Å². The Labute approximate surface area is 171 Å². The van der Waals surface area contributed by atoms with Gasteiger partial charge in [-0.25, -0.2) is 9.67 Å². The minimum Gasteiger partial charge on any atom is -0.351 e. The number of benzene rings is 2. The topological polar surface area (TPSA) is 72.7 Å². The molecule has 0 atom stereocenters. The van der Waals surface area contributed by atoms with Crippen LogP contribution in [0.2, 0.25) is 5.02 Å². The summed E-state index contributed by atoms with van der Waals surface area (Å²) in [4.78, 5) is 17.1. The van der Waals surface area contributed by atoms with Crippen molar-refractivity contribution in [3.8, 4) is 5.69 Å². The molecule has 2 heterocycles. The maximum absolute atomic E-state index is 12.5. The van der Waals surface area contributed by atoms with Gasteiger partial charge >= 0.3 is 0 Å². The second-order valence-electron chi connectivity index (χ2n) is 6.35. The van der Waals surface area contributed by atoms with Gasteiger partial charge in [-0.05, 0) is 43.7 Å². The maximum atomic E-state index is 12.5. The molecule has 1 amide bonds. The predicted molar refractivity (Wildman–Crippen MR) is 111 cm³/mol. The number of hydrogen-bond acceptors (Lipinski definition) is 5. The first kappa shape index (κ1) is 18.6. The number of nitrogens with one attached hydrogen (secondary N) is 1. The molecule has 8 heteroatoms. The number of amides is 1.